The van der Waals surface area contributed by atoms with Crippen molar-refractivity contribution >= 4 is 11.8 Å². The third-order valence-electron chi connectivity index (χ3n) is 3.19. The highest BCUT2D eigenvalue weighted by Crippen LogP contribution is 2.13. The molecular weight excluding hydrogens is 216 g/mol. The molecule has 3 heteroatoms. The summed E-state index contributed by atoms with van der Waals surface area (Å²) in [6, 6.07) is 0. The van der Waals surface area contributed by atoms with E-state index in [0.717, 1.165) is 32.1 Å². The summed E-state index contributed by atoms with van der Waals surface area (Å²) < 4.78 is 5.16. The number of rotatable bonds is 0. The van der Waals surface area contributed by atoms with Crippen LogP contribution in [0.15, 0.2) is 0 Å². The quantitative estimate of drug-likeness (QED) is 0.610. The fourth-order valence-corrected chi connectivity index (χ4v) is 2.16. The molecular formula is C14H24O3. The molecule has 1 fully saturated rings. The molecule has 3 nitrogen and oxygen atoms in total. The van der Waals surface area contributed by atoms with Gasteiger partial charge in [-0.15, -0.1) is 0 Å². The second-order valence-corrected chi connectivity index (χ2v) is 5.15. The molecule has 1 rings (SSSR count). The van der Waals surface area contributed by atoms with Gasteiger partial charge in [0.25, 0.3) is 0 Å². The van der Waals surface area contributed by atoms with Gasteiger partial charge in [-0.25, -0.2) is 0 Å². The molecule has 0 aromatic carbocycles. The minimum absolute atomic E-state index is 0.110. The second kappa shape index (κ2) is 8.26. The summed E-state index contributed by atoms with van der Waals surface area (Å²) in [5, 5.41) is 0. The molecule has 98 valence electrons. The molecule has 0 aliphatic carbocycles. The average Bonchev–Trinajstić information content (AvgIpc) is 2.29. The Kier molecular flexibility index (Phi) is 6.90. The summed E-state index contributed by atoms with van der Waals surface area (Å²) in [6.07, 6.45) is 8.31. The van der Waals surface area contributed by atoms with E-state index in [-0.39, 0.29) is 11.9 Å². The first kappa shape index (κ1) is 14.2. The van der Waals surface area contributed by atoms with Crippen LogP contribution in [0.4, 0.5) is 0 Å². The molecule has 0 N–H and O–H groups in total. The number of ketones is 1. The number of hydrogen-bond acceptors (Lipinski definition) is 3. The number of Topliss-reactive ketones (excluding diaryl/α,β-unsaturated/α-hetero) is 1. The van der Waals surface area contributed by atoms with Crippen molar-refractivity contribution in [3.8, 4) is 0 Å². The Morgan fingerprint density at radius 3 is 2.24 bits per heavy atom. The standard InChI is InChI=1S/C14H24O3/c1-12-10-13(15)8-6-4-2-3-5-7-9-14(16)17-11-12/h12H,2-11H2,1H3. The van der Waals surface area contributed by atoms with Gasteiger partial charge in [0.15, 0.2) is 0 Å². The van der Waals surface area contributed by atoms with Crippen LogP contribution in [-0.2, 0) is 14.3 Å². The van der Waals surface area contributed by atoms with Gasteiger partial charge in [0.1, 0.15) is 5.78 Å². The van der Waals surface area contributed by atoms with E-state index in [0.29, 0.717) is 31.7 Å². The summed E-state index contributed by atoms with van der Waals surface area (Å²) in [7, 11) is 0. The first-order chi connectivity index (χ1) is 8.18. The van der Waals surface area contributed by atoms with E-state index in [1.807, 2.05) is 6.92 Å². The van der Waals surface area contributed by atoms with Crippen molar-refractivity contribution in [3.63, 3.8) is 0 Å². The smallest absolute Gasteiger partial charge is 0.305 e. The number of carbonyl (C=O) groups excluding carboxylic acids is 2. The zero-order chi connectivity index (χ0) is 12.5. The SMILES string of the molecule is CC1COC(=O)CCCCCCCCC(=O)C1. The van der Waals surface area contributed by atoms with Gasteiger partial charge in [0.05, 0.1) is 6.61 Å². The van der Waals surface area contributed by atoms with E-state index in [4.69, 9.17) is 4.74 Å². The summed E-state index contributed by atoms with van der Waals surface area (Å²) in [6.45, 7) is 2.36. The molecule has 1 saturated heterocycles. The van der Waals surface area contributed by atoms with Crippen LogP contribution < -0.4 is 0 Å². The topological polar surface area (TPSA) is 43.4 Å². The Bertz CT molecular complexity index is 248. The maximum absolute atomic E-state index is 11.6. The first-order valence-electron chi connectivity index (χ1n) is 6.86. The van der Waals surface area contributed by atoms with Gasteiger partial charge in [-0.2, -0.15) is 0 Å². The summed E-state index contributed by atoms with van der Waals surface area (Å²) >= 11 is 0. The Balaban J connectivity index is 2.35. The molecule has 1 heterocycles. The lowest BCUT2D eigenvalue weighted by Gasteiger charge is -2.12. The molecule has 0 aromatic heterocycles. The Morgan fingerprint density at radius 2 is 1.53 bits per heavy atom. The average molecular weight is 240 g/mol. The predicted octanol–water partition coefficient (Wildman–Crippen LogP) is 3.26. The van der Waals surface area contributed by atoms with Gasteiger partial charge in [0.2, 0.25) is 0 Å². The van der Waals surface area contributed by atoms with E-state index in [2.05, 4.69) is 0 Å². The number of cyclic esters (lactones) is 1. The van der Waals surface area contributed by atoms with Gasteiger partial charge in [-0.3, -0.25) is 9.59 Å². The van der Waals surface area contributed by atoms with Gasteiger partial charge >= 0.3 is 5.97 Å². The minimum atomic E-state index is -0.110. The van der Waals surface area contributed by atoms with Crippen molar-refractivity contribution in [3.05, 3.63) is 0 Å². The zero-order valence-corrected chi connectivity index (χ0v) is 10.9. The van der Waals surface area contributed by atoms with Gasteiger partial charge in [0, 0.05) is 19.3 Å². The predicted molar refractivity (Wildman–Crippen MR) is 66.7 cm³/mol. The van der Waals surface area contributed by atoms with Gasteiger partial charge in [-0.1, -0.05) is 32.6 Å². The Labute approximate surface area is 104 Å². The van der Waals surface area contributed by atoms with Crippen LogP contribution >= 0.6 is 0 Å². The second-order valence-electron chi connectivity index (χ2n) is 5.15. The highest BCUT2D eigenvalue weighted by molar-refractivity contribution is 5.78. The maximum atomic E-state index is 11.6. The molecule has 0 radical (unpaired) electrons. The fourth-order valence-electron chi connectivity index (χ4n) is 2.16. The highest BCUT2D eigenvalue weighted by atomic mass is 16.5. The van der Waals surface area contributed by atoms with Crippen LogP contribution in [0, 0.1) is 5.92 Å². The zero-order valence-electron chi connectivity index (χ0n) is 10.9. The van der Waals surface area contributed by atoms with Crippen LogP contribution in [0.1, 0.15) is 64.7 Å². The molecule has 0 saturated carbocycles. The van der Waals surface area contributed by atoms with Crippen LogP contribution in [0.5, 0.6) is 0 Å². The normalized spacial score (nSPS) is 26.1. The van der Waals surface area contributed by atoms with Crippen molar-refractivity contribution in [2.75, 3.05) is 6.61 Å². The number of hydrogen-bond donors (Lipinski definition) is 0. The summed E-state index contributed by atoms with van der Waals surface area (Å²) in [5.74, 6) is 0.362. The largest absolute Gasteiger partial charge is 0.465 e. The van der Waals surface area contributed by atoms with E-state index >= 15 is 0 Å². The van der Waals surface area contributed by atoms with Gasteiger partial charge in [-0.05, 0) is 18.8 Å². The first-order valence-corrected chi connectivity index (χ1v) is 6.86. The highest BCUT2D eigenvalue weighted by Gasteiger charge is 2.12. The van der Waals surface area contributed by atoms with E-state index in [9.17, 15) is 9.59 Å². The number of ether oxygens (including phenoxy) is 1. The fraction of sp³-hybridized carbons (Fsp3) is 0.857. The van der Waals surface area contributed by atoms with Crippen molar-refractivity contribution in [2.45, 2.75) is 64.7 Å². The third-order valence-corrected chi connectivity index (χ3v) is 3.19. The summed E-state index contributed by atoms with van der Waals surface area (Å²) in [5.41, 5.74) is 0. The third kappa shape index (κ3) is 7.14. The monoisotopic (exact) mass is 240 g/mol. The van der Waals surface area contributed by atoms with Crippen LogP contribution in [-0.4, -0.2) is 18.4 Å². The van der Waals surface area contributed by atoms with Crippen molar-refractivity contribution < 1.29 is 14.3 Å². The molecule has 17 heavy (non-hydrogen) atoms. The molecule has 1 aliphatic rings. The minimum Gasteiger partial charge on any atom is -0.465 e. The number of esters is 1. The van der Waals surface area contributed by atoms with Crippen molar-refractivity contribution in [1.82, 2.24) is 0 Å². The molecule has 0 bridgehead atoms. The lowest BCUT2D eigenvalue weighted by molar-refractivity contribution is -0.145. The lowest BCUT2D eigenvalue weighted by atomic mass is 10.0. The Hall–Kier alpha value is -0.860. The van der Waals surface area contributed by atoms with Crippen LogP contribution in [0.3, 0.4) is 0 Å². The molecule has 1 aliphatic heterocycles. The Morgan fingerprint density at radius 1 is 0.941 bits per heavy atom. The number of carbonyl (C=O) groups is 2. The van der Waals surface area contributed by atoms with Gasteiger partial charge < -0.3 is 4.74 Å². The molecule has 0 spiro atoms. The molecule has 0 aromatic rings. The van der Waals surface area contributed by atoms with Crippen LogP contribution in [0.2, 0.25) is 0 Å². The van der Waals surface area contributed by atoms with Crippen molar-refractivity contribution in [1.29, 1.82) is 0 Å². The molecule has 0 amide bonds. The van der Waals surface area contributed by atoms with Crippen LogP contribution in [0.25, 0.3) is 0 Å². The molecule has 1 atom stereocenters. The maximum Gasteiger partial charge on any atom is 0.305 e. The van der Waals surface area contributed by atoms with Crippen molar-refractivity contribution in [2.24, 2.45) is 5.92 Å². The van der Waals surface area contributed by atoms with E-state index < -0.39 is 0 Å². The molecule has 1 unspecified atom stereocenters. The van der Waals surface area contributed by atoms with E-state index in [1.54, 1.807) is 0 Å². The summed E-state index contributed by atoms with van der Waals surface area (Å²) in [4.78, 5) is 23.0. The lowest BCUT2D eigenvalue weighted by Crippen LogP contribution is -2.15. The van der Waals surface area contributed by atoms with E-state index in [1.165, 1.54) is 6.42 Å².